The van der Waals surface area contributed by atoms with Crippen molar-refractivity contribution in [3.63, 3.8) is 0 Å². The largest absolute Gasteiger partial charge is 0.468 e. The van der Waals surface area contributed by atoms with Gasteiger partial charge >= 0.3 is 11.9 Å². The van der Waals surface area contributed by atoms with E-state index in [1.165, 1.54) is 14.2 Å². The van der Waals surface area contributed by atoms with E-state index >= 15 is 0 Å². The van der Waals surface area contributed by atoms with E-state index in [-0.39, 0.29) is 23.1 Å². The number of methoxy groups -OCH3 is 2. The lowest BCUT2D eigenvalue weighted by atomic mass is 9.71. The average Bonchev–Trinajstić information content (AvgIpc) is 2.80. The monoisotopic (exact) mass is 298 g/mol. The van der Waals surface area contributed by atoms with Gasteiger partial charge in [-0.2, -0.15) is 0 Å². The zero-order valence-electron chi connectivity index (χ0n) is 11.7. The van der Waals surface area contributed by atoms with Crippen LogP contribution in [0.1, 0.15) is 12.8 Å². The van der Waals surface area contributed by atoms with E-state index in [1.807, 2.05) is 12.2 Å². The van der Waals surface area contributed by atoms with E-state index < -0.39 is 17.4 Å². The van der Waals surface area contributed by atoms with Gasteiger partial charge in [0.2, 0.25) is 0 Å². The summed E-state index contributed by atoms with van der Waals surface area (Å²) in [7, 11) is 2.58. The first kappa shape index (κ1) is 15.1. The summed E-state index contributed by atoms with van der Waals surface area (Å²) in [4.78, 5) is 24.7. The summed E-state index contributed by atoms with van der Waals surface area (Å²) in [5, 5.41) is -0.187. The van der Waals surface area contributed by atoms with Crippen molar-refractivity contribution in [2.45, 2.75) is 18.2 Å². The van der Waals surface area contributed by atoms with Crippen molar-refractivity contribution in [3.05, 3.63) is 24.8 Å². The summed E-state index contributed by atoms with van der Waals surface area (Å²) in [5.74, 6) is -1.18. The van der Waals surface area contributed by atoms with Crippen LogP contribution in [0.4, 0.5) is 0 Å². The Bertz CT molecular complexity index is 441. The molecule has 0 aromatic carbocycles. The zero-order chi connectivity index (χ0) is 14.9. The summed E-state index contributed by atoms with van der Waals surface area (Å²) in [6.07, 6.45) is 6.62. The molecule has 1 saturated carbocycles. The van der Waals surface area contributed by atoms with Crippen molar-refractivity contribution < 1.29 is 19.1 Å². The van der Waals surface area contributed by atoms with Crippen LogP contribution in [0.3, 0.4) is 0 Å². The third-order valence-corrected chi connectivity index (χ3v) is 4.90. The molecular weight excluding hydrogens is 280 g/mol. The van der Waals surface area contributed by atoms with Crippen LogP contribution in [0.5, 0.6) is 0 Å². The number of allylic oxidation sites excluding steroid dienone is 3. The van der Waals surface area contributed by atoms with Crippen LogP contribution in [0.25, 0.3) is 0 Å². The molecule has 20 heavy (non-hydrogen) atoms. The SMILES string of the molecule is C=C[C@@H]1CC(C(=O)OC)(C(=O)OC)[C@H]2C[C@@H](Cl)C=C[C@@H]12. The van der Waals surface area contributed by atoms with E-state index in [2.05, 4.69) is 6.58 Å². The smallest absolute Gasteiger partial charge is 0.323 e. The summed E-state index contributed by atoms with van der Waals surface area (Å²) in [6.45, 7) is 3.82. The van der Waals surface area contributed by atoms with Gasteiger partial charge in [-0.05, 0) is 30.6 Å². The molecule has 0 spiro atoms. The topological polar surface area (TPSA) is 52.6 Å². The van der Waals surface area contributed by atoms with Crippen molar-refractivity contribution in [1.82, 2.24) is 0 Å². The molecule has 0 aromatic rings. The van der Waals surface area contributed by atoms with Gasteiger partial charge in [0.1, 0.15) is 0 Å². The molecule has 0 saturated heterocycles. The van der Waals surface area contributed by atoms with Crippen LogP contribution in [-0.2, 0) is 19.1 Å². The number of esters is 2. The summed E-state index contributed by atoms with van der Waals surface area (Å²) < 4.78 is 9.79. The van der Waals surface area contributed by atoms with Gasteiger partial charge in [0.05, 0.1) is 19.6 Å². The molecule has 1 fully saturated rings. The number of halogens is 1. The maximum atomic E-state index is 12.3. The minimum absolute atomic E-state index is 0.0404. The first-order valence-electron chi connectivity index (χ1n) is 6.63. The van der Waals surface area contributed by atoms with Gasteiger partial charge in [-0.25, -0.2) is 0 Å². The molecule has 4 nitrogen and oxygen atoms in total. The number of ether oxygens (including phenoxy) is 2. The third kappa shape index (κ3) is 2.06. The number of alkyl halides is 1. The Hall–Kier alpha value is -1.29. The Morgan fingerprint density at radius 3 is 2.40 bits per heavy atom. The predicted molar refractivity (Wildman–Crippen MR) is 75.1 cm³/mol. The standard InChI is InChI=1S/C15H19ClO4/c1-4-9-8-15(13(17)19-2,14(18)20-3)12-7-10(16)5-6-11(9)12/h4-6,9-12H,1,7-8H2,2-3H3/t9-,10+,11+,12+/m1/s1. The van der Waals surface area contributed by atoms with E-state index in [4.69, 9.17) is 21.1 Å². The van der Waals surface area contributed by atoms with Crippen LogP contribution in [0.2, 0.25) is 0 Å². The number of fused-ring (bicyclic) bond motifs is 1. The van der Waals surface area contributed by atoms with E-state index in [1.54, 1.807) is 6.08 Å². The molecule has 0 unspecified atom stereocenters. The third-order valence-electron chi connectivity index (χ3n) is 4.57. The Morgan fingerprint density at radius 2 is 1.90 bits per heavy atom. The molecule has 2 rings (SSSR count). The zero-order valence-corrected chi connectivity index (χ0v) is 12.4. The fourth-order valence-corrected chi connectivity index (χ4v) is 3.92. The second-order valence-electron chi connectivity index (χ2n) is 5.38. The normalized spacial score (nSPS) is 34.1. The van der Waals surface area contributed by atoms with E-state index in [0.717, 1.165) is 0 Å². The first-order chi connectivity index (χ1) is 9.51. The van der Waals surface area contributed by atoms with Gasteiger partial charge in [-0.3, -0.25) is 9.59 Å². The highest BCUT2D eigenvalue weighted by atomic mass is 35.5. The molecular formula is C15H19ClO4. The summed E-state index contributed by atoms with van der Waals surface area (Å²) >= 11 is 6.18. The van der Waals surface area contributed by atoms with Crippen LogP contribution < -0.4 is 0 Å². The molecule has 0 bridgehead atoms. The second-order valence-corrected chi connectivity index (χ2v) is 5.94. The van der Waals surface area contributed by atoms with Crippen LogP contribution in [-0.4, -0.2) is 31.5 Å². The van der Waals surface area contributed by atoms with Crippen molar-refractivity contribution in [1.29, 1.82) is 0 Å². The number of rotatable bonds is 3. The van der Waals surface area contributed by atoms with E-state index in [0.29, 0.717) is 12.8 Å². The lowest BCUT2D eigenvalue weighted by Gasteiger charge is -2.34. The predicted octanol–water partition coefficient (Wildman–Crippen LogP) is 2.32. The average molecular weight is 299 g/mol. The fraction of sp³-hybridized carbons (Fsp3) is 0.600. The lowest BCUT2D eigenvalue weighted by molar-refractivity contribution is -0.173. The highest BCUT2D eigenvalue weighted by molar-refractivity contribution is 6.22. The fourth-order valence-electron chi connectivity index (χ4n) is 3.65. The molecule has 0 aliphatic heterocycles. The van der Waals surface area contributed by atoms with Crippen molar-refractivity contribution >= 4 is 23.5 Å². The molecule has 0 aromatic heterocycles. The Balaban J connectivity index is 2.51. The Kier molecular flexibility index (Phi) is 4.23. The maximum absolute atomic E-state index is 12.3. The highest BCUT2D eigenvalue weighted by Gasteiger charge is 2.63. The molecule has 0 N–H and O–H groups in total. The van der Waals surface area contributed by atoms with Crippen molar-refractivity contribution in [3.8, 4) is 0 Å². The van der Waals surface area contributed by atoms with Gasteiger partial charge in [0, 0.05) is 0 Å². The highest BCUT2D eigenvalue weighted by Crippen LogP contribution is 2.56. The quantitative estimate of drug-likeness (QED) is 0.347. The van der Waals surface area contributed by atoms with Crippen LogP contribution in [0.15, 0.2) is 24.8 Å². The van der Waals surface area contributed by atoms with Gasteiger partial charge in [-0.1, -0.05) is 18.2 Å². The lowest BCUT2D eigenvalue weighted by Crippen LogP contribution is -2.46. The molecule has 0 radical (unpaired) electrons. The minimum atomic E-state index is -1.27. The van der Waals surface area contributed by atoms with Crippen molar-refractivity contribution in [2.75, 3.05) is 14.2 Å². The van der Waals surface area contributed by atoms with Gasteiger partial charge < -0.3 is 9.47 Å². The van der Waals surface area contributed by atoms with E-state index in [9.17, 15) is 9.59 Å². The number of hydrogen-bond acceptors (Lipinski definition) is 4. The second kappa shape index (κ2) is 5.60. The van der Waals surface area contributed by atoms with Crippen LogP contribution >= 0.6 is 11.6 Å². The molecule has 4 atom stereocenters. The molecule has 2 aliphatic carbocycles. The van der Waals surface area contributed by atoms with Crippen molar-refractivity contribution in [2.24, 2.45) is 23.2 Å². The minimum Gasteiger partial charge on any atom is -0.468 e. The first-order valence-corrected chi connectivity index (χ1v) is 7.06. The molecule has 110 valence electrons. The summed E-state index contributed by atoms with van der Waals surface area (Å²) in [6, 6.07) is 0. The molecule has 5 heteroatoms. The molecule has 0 heterocycles. The number of hydrogen-bond donors (Lipinski definition) is 0. The number of carbonyl (C=O) groups excluding carboxylic acids is 2. The van der Waals surface area contributed by atoms with Gasteiger partial charge in [-0.15, -0.1) is 18.2 Å². The molecule has 0 amide bonds. The summed E-state index contributed by atoms with van der Waals surface area (Å²) in [5.41, 5.74) is -1.27. The van der Waals surface area contributed by atoms with Crippen LogP contribution in [0, 0.1) is 23.2 Å². The van der Waals surface area contributed by atoms with Gasteiger partial charge in [0.25, 0.3) is 0 Å². The molecule has 2 aliphatic rings. The maximum Gasteiger partial charge on any atom is 0.323 e. The number of carbonyl (C=O) groups is 2. The Morgan fingerprint density at radius 1 is 1.30 bits per heavy atom. The Labute approximate surface area is 123 Å². The van der Waals surface area contributed by atoms with Gasteiger partial charge in [0.15, 0.2) is 5.41 Å².